The predicted molar refractivity (Wildman–Crippen MR) is 508 cm³/mol. The van der Waals surface area contributed by atoms with Crippen molar-refractivity contribution in [1.29, 1.82) is 0 Å². The van der Waals surface area contributed by atoms with Crippen molar-refractivity contribution in [2.45, 2.75) is 452 Å². The fraction of sp³-hybridized carbons (Fsp3) is 1.00. The van der Waals surface area contributed by atoms with Crippen LogP contribution in [0.15, 0.2) is 0 Å². The number of fused-ring (bicyclic) bond motifs is 60. The molecule has 27 fully saturated rings. The van der Waals surface area contributed by atoms with Crippen molar-refractivity contribution in [2.75, 3.05) is 0 Å². The molecule has 0 radical (unpaired) electrons. The molecular formula is C96H165AlN24O12S3. The van der Waals surface area contributed by atoms with E-state index in [-0.39, 0.29) is 165 Å². The molecular weight excluding hydrogens is 1800 g/mol. The molecule has 24 bridgehead atoms. The number of hydrogen-bond acceptors (Lipinski definition) is 36. The summed E-state index contributed by atoms with van der Waals surface area (Å²) in [5.41, 5.74) is 0. The third-order valence-electron chi connectivity index (χ3n) is 42.8. The van der Waals surface area contributed by atoms with E-state index in [1.54, 1.807) is 0 Å². The number of nitrogens with one attached hydrogen (secondary N) is 24. The minimum absolute atomic E-state index is 0. The zero-order valence-electron chi connectivity index (χ0n) is 79.7. The van der Waals surface area contributed by atoms with Gasteiger partial charge in [0.2, 0.25) is 0 Å². The Morgan fingerprint density at radius 2 is 0.243 bits per heavy atom. The SMILES string of the molecule is O=S(=O)([O-])C1C(O)CCC2C3NC4NC(NC5NC(NC6NC(NC(N3)C21)C1CCCCC61)C1CCCCC51)C1CCCCC41.O=S(=O)([O-])C1C(O)CCC2C3NC4NC(NC5NC(NC6NC(NC(N3)C21)C1CCCCC61)C1CCCCC51)C1CCCCC41.O=S(=O)([O-])C1C(O)CCC2C3NC4NC(NC5NC(NC6NC(NC(N3)C21)C1CCCCC61)C1CCCCC51)C1CCCCC41.[Al+3]. The van der Waals surface area contributed by atoms with Crippen LogP contribution in [-0.4, -0.2) is 254 Å². The predicted octanol–water partition coefficient (Wildman–Crippen LogP) is -0.0805. The monoisotopic (exact) mass is 1970 g/mol. The number of rotatable bonds is 3. The summed E-state index contributed by atoms with van der Waals surface area (Å²) >= 11 is 0. The van der Waals surface area contributed by atoms with Gasteiger partial charge in [-0.05, 0) is 278 Å². The van der Waals surface area contributed by atoms with Crippen molar-refractivity contribution < 1.29 is 54.2 Å². The van der Waals surface area contributed by atoms with E-state index >= 15 is 0 Å². The van der Waals surface area contributed by atoms with E-state index in [2.05, 4.69) is 128 Å². The summed E-state index contributed by atoms with van der Waals surface area (Å²) in [6.45, 7) is 0. The van der Waals surface area contributed by atoms with E-state index in [9.17, 15) is 54.2 Å². The average molecular weight is 1970 g/mol. The second-order valence-electron chi connectivity index (χ2n) is 49.0. The molecule has 0 aromatic rings. The minimum Gasteiger partial charge on any atom is -0.748 e. The van der Waals surface area contributed by atoms with E-state index in [4.69, 9.17) is 0 Å². The van der Waals surface area contributed by atoms with Crippen LogP contribution in [0.2, 0.25) is 0 Å². The molecule has 36 nitrogen and oxygen atoms in total. The maximum absolute atomic E-state index is 12.8. The number of hydrogen-bond donors (Lipinski definition) is 27. The molecule has 0 spiro atoms. The van der Waals surface area contributed by atoms with Gasteiger partial charge in [-0.1, -0.05) is 116 Å². The Morgan fingerprint density at radius 1 is 0.147 bits per heavy atom. The van der Waals surface area contributed by atoms with Crippen LogP contribution in [0.5, 0.6) is 0 Å². The van der Waals surface area contributed by atoms with Gasteiger partial charge in [-0.2, -0.15) is 0 Å². The van der Waals surface area contributed by atoms with E-state index in [0.717, 1.165) is 19.3 Å². The van der Waals surface area contributed by atoms with Crippen molar-refractivity contribution in [3.63, 3.8) is 0 Å². The Bertz CT molecular complexity index is 4080. The van der Waals surface area contributed by atoms with Crippen LogP contribution < -0.4 is 128 Å². The largest absolute Gasteiger partial charge is 3.00 e. The molecule has 54 unspecified atom stereocenters. The fourth-order valence-corrected chi connectivity index (χ4v) is 40.9. The van der Waals surface area contributed by atoms with Gasteiger partial charge in [0.1, 0.15) is 30.4 Å². The van der Waals surface area contributed by atoms with E-state index in [0.29, 0.717) is 145 Å². The Hall–Kier alpha value is -0.818. The van der Waals surface area contributed by atoms with Crippen LogP contribution in [0.1, 0.15) is 270 Å². The summed E-state index contributed by atoms with van der Waals surface area (Å²) in [5.74, 6) is 7.81. The molecule has 27 rings (SSSR count). The van der Waals surface area contributed by atoms with E-state index in [1.165, 1.54) is 212 Å². The maximum Gasteiger partial charge on any atom is 3.00 e. The Kier molecular flexibility index (Phi) is 28.3. The second-order valence-corrected chi connectivity index (χ2v) is 53.6. The summed E-state index contributed by atoms with van der Waals surface area (Å²) < 4.78 is 115. The standard InChI is InChI=1S/3C32H56N8O4S.Al/c3*41-22-14-13-21-23(24(22)45(42,43)44)32-39-30-20-12-6-5-11-19(20)28(37-30)35-26-16-8-2-1-7-15(16)25(33-26)34-27-17-9-3-4-10-18(17)29(36-27)38-31(21)40-32;/h3*15-41H,1-14H2,(H,42,43,44);/q;;;+3/p-3. The van der Waals surface area contributed by atoms with Crippen molar-refractivity contribution in [3.8, 4) is 0 Å². The van der Waals surface area contributed by atoms with Gasteiger partial charge in [0.05, 0.1) is 182 Å². The Labute approximate surface area is 818 Å². The first-order valence-corrected chi connectivity index (χ1v) is 60.1. The molecule has 27 N–H and O–H groups in total. The second kappa shape index (κ2) is 39.6. The smallest absolute Gasteiger partial charge is 0.748 e. The summed E-state index contributed by atoms with van der Waals surface area (Å²) in [4.78, 5) is 0. The molecule has 40 heteroatoms. The molecule has 762 valence electrons. The third-order valence-corrected chi connectivity index (χ3v) is 46.7. The van der Waals surface area contributed by atoms with E-state index < -0.39 is 101 Å². The molecule has 15 heterocycles. The van der Waals surface area contributed by atoms with Gasteiger partial charge in [-0.25, -0.2) is 25.3 Å². The Morgan fingerprint density at radius 3 is 0.346 bits per heavy atom. The van der Waals surface area contributed by atoms with E-state index in [1.807, 2.05) is 0 Å². The van der Waals surface area contributed by atoms with Crippen molar-refractivity contribution in [3.05, 3.63) is 0 Å². The molecule has 12 aliphatic carbocycles. The van der Waals surface area contributed by atoms with Crippen molar-refractivity contribution in [2.24, 2.45) is 142 Å². The first kappa shape index (κ1) is 97.3. The zero-order valence-corrected chi connectivity index (χ0v) is 83.3. The van der Waals surface area contributed by atoms with Gasteiger partial charge in [0.15, 0.2) is 0 Å². The van der Waals surface area contributed by atoms with Crippen LogP contribution in [0.3, 0.4) is 0 Å². The third kappa shape index (κ3) is 18.0. The van der Waals surface area contributed by atoms with Crippen molar-refractivity contribution in [1.82, 2.24) is 128 Å². The average Bonchev–Trinajstić information content (AvgIpc) is 1.58. The van der Waals surface area contributed by atoms with Gasteiger partial charge >= 0.3 is 17.4 Å². The first-order valence-electron chi connectivity index (χ1n) is 55.6. The van der Waals surface area contributed by atoms with Crippen LogP contribution in [0.4, 0.5) is 0 Å². The summed E-state index contributed by atoms with van der Waals surface area (Å²) in [7, 11) is -14.1. The number of aliphatic hydroxyl groups is 3. The molecule has 15 saturated heterocycles. The first-order chi connectivity index (χ1) is 65.5. The summed E-state index contributed by atoms with van der Waals surface area (Å²) in [6.07, 6.45) is 45.4. The molecule has 0 aromatic carbocycles. The maximum atomic E-state index is 12.8. The molecule has 0 amide bonds. The zero-order chi connectivity index (χ0) is 91.3. The van der Waals surface area contributed by atoms with Crippen LogP contribution in [0.25, 0.3) is 0 Å². The summed E-state index contributed by atoms with van der Waals surface area (Å²) in [5, 5.41) is 125. The molecule has 27 aliphatic rings. The molecule has 0 aromatic heterocycles. The van der Waals surface area contributed by atoms with Crippen LogP contribution in [0, 0.1) is 142 Å². The number of aliphatic hydroxyl groups excluding tert-OH is 3. The van der Waals surface area contributed by atoms with Gasteiger partial charge in [-0.15, -0.1) is 0 Å². The van der Waals surface area contributed by atoms with Crippen LogP contribution >= 0.6 is 0 Å². The fourth-order valence-electron chi connectivity index (χ4n) is 37.1. The molecule has 12 saturated carbocycles. The van der Waals surface area contributed by atoms with Gasteiger partial charge in [0.25, 0.3) is 0 Å². The molecule has 54 atom stereocenters. The summed E-state index contributed by atoms with van der Waals surface area (Å²) in [6, 6.07) is 0. The molecule has 136 heavy (non-hydrogen) atoms. The molecule has 15 aliphatic heterocycles. The van der Waals surface area contributed by atoms with Crippen molar-refractivity contribution >= 4 is 47.7 Å². The van der Waals surface area contributed by atoms with Gasteiger partial charge in [-0.3, -0.25) is 128 Å². The van der Waals surface area contributed by atoms with Crippen LogP contribution in [-0.2, 0) is 30.4 Å². The van der Waals surface area contributed by atoms with Gasteiger partial charge < -0.3 is 29.0 Å². The Balaban J connectivity index is 0.000000111. The topological polar surface area (TPSA) is 521 Å². The quantitative estimate of drug-likeness (QED) is 0.130. The van der Waals surface area contributed by atoms with Gasteiger partial charge in [0, 0.05) is 17.8 Å². The normalized spacial score (nSPS) is 55.8. The minimum atomic E-state index is -4.70.